The van der Waals surface area contributed by atoms with Crippen molar-refractivity contribution in [2.24, 2.45) is 0 Å². The first-order chi connectivity index (χ1) is 14.7. The molecule has 5 heteroatoms. The van der Waals surface area contributed by atoms with Crippen LogP contribution in [0.3, 0.4) is 0 Å². The van der Waals surface area contributed by atoms with Crippen LogP contribution >= 0.6 is 0 Å². The second-order valence-electron chi connectivity index (χ2n) is 7.13. The number of hydrogen-bond acceptors (Lipinski definition) is 4. The first-order valence-electron chi connectivity index (χ1n) is 9.48. The first kappa shape index (κ1) is 16.8. The van der Waals surface area contributed by atoms with Crippen molar-refractivity contribution in [3.05, 3.63) is 84.7 Å². The van der Waals surface area contributed by atoms with Crippen molar-refractivity contribution < 1.29 is 18.3 Å². The van der Waals surface area contributed by atoms with Crippen LogP contribution in [0.1, 0.15) is 0 Å². The van der Waals surface area contributed by atoms with Crippen molar-refractivity contribution in [1.82, 2.24) is 4.98 Å². The van der Waals surface area contributed by atoms with Gasteiger partial charge in [0.2, 0.25) is 5.89 Å². The van der Waals surface area contributed by atoms with Gasteiger partial charge in [-0.1, -0.05) is 54.6 Å². The predicted molar refractivity (Wildman–Crippen MR) is 114 cm³/mol. The molecule has 4 aromatic carbocycles. The maximum Gasteiger partial charge on any atom is 0.231 e. The molecule has 0 saturated heterocycles. The second-order valence-corrected chi connectivity index (χ2v) is 7.13. The van der Waals surface area contributed by atoms with E-state index in [1.54, 1.807) is 24.3 Å². The minimum atomic E-state index is -0.750. The smallest absolute Gasteiger partial charge is 0.231 e. The van der Waals surface area contributed by atoms with E-state index < -0.39 is 11.6 Å². The van der Waals surface area contributed by atoms with Crippen LogP contribution in [-0.2, 0) is 0 Å². The molecule has 0 spiro atoms. The topological polar surface area (TPSA) is 59.4 Å². The third-order valence-electron chi connectivity index (χ3n) is 5.31. The Bertz CT molecular complexity index is 1560. The fraction of sp³-hybridized carbons (Fsp3) is 0. The summed E-state index contributed by atoms with van der Waals surface area (Å²) in [5.41, 5.74) is 4.25. The van der Waals surface area contributed by atoms with E-state index in [1.807, 2.05) is 54.6 Å². The summed E-state index contributed by atoms with van der Waals surface area (Å²) >= 11 is 0. The van der Waals surface area contributed by atoms with E-state index in [4.69, 9.17) is 8.83 Å². The molecule has 0 aliphatic rings. The lowest BCUT2D eigenvalue weighted by molar-refractivity contribution is 0.435. The number of benzene rings is 4. The average Bonchev–Trinajstić information content (AvgIpc) is 3.37. The van der Waals surface area contributed by atoms with E-state index >= 15 is 4.39 Å². The Hall–Kier alpha value is -4.12. The quantitative estimate of drug-likeness (QED) is 0.346. The number of hydrogen-bond donors (Lipinski definition) is 1. The summed E-state index contributed by atoms with van der Waals surface area (Å²) in [5.74, 6) is -1.13. The molecule has 0 bridgehead atoms. The molecule has 1 N–H and O–H groups in total. The number of aromatic hydroxyl groups is 1. The first-order valence-corrected chi connectivity index (χ1v) is 9.48. The highest BCUT2D eigenvalue weighted by Gasteiger charge is 2.22. The molecule has 6 aromatic rings. The molecule has 0 fully saturated rings. The van der Waals surface area contributed by atoms with Gasteiger partial charge in [0.15, 0.2) is 17.1 Å². The molecule has 2 heterocycles. The van der Waals surface area contributed by atoms with Crippen molar-refractivity contribution in [1.29, 1.82) is 0 Å². The van der Waals surface area contributed by atoms with Crippen LogP contribution < -0.4 is 0 Å². The zero-order chi connectivity index (χ0) is 20.2. The minimum absolute atomic E-state index is 0.133. The largest absolute Gasteiger partial charge is 0.504 e. The number of rotatable bonds is 2. The summed E-state index contributed by atoms with van der Waals surface area (Å²) in [6, 6.07) is 24.3. The van der Waals surface area contributed by atoms with Crippen LogP contribution in [0.15, 0.2) is 87.7 Å². The fourth-order valence-electron chi connectivity index (χ4n) is 3.84. The molecule has 0 aliphatic carbocycles. The molecule has 2 aromatic heterocycles. The molecule has 4 nitrogen and oxygen atoms in total. The number of fused-ring (bicyclic) bond motifs is 4. The normalized spacial score (nSPS) is 11.6. The van der Waals surface area contributed by atoms with Gasteiger partial charge in [0, 0.05) is 5.39 Å². The summed E-state index contributed by atoms with van der Waals surface area (Å²) in [5, 5.41) is 11.4. The maximum absolute atomic E-state index is 15.1. The highest BCUT2D eigenvalue weighted by Crippen LogP contribution is 2.41. The Morgan fingerprint density at radius 1 is 0.733 bits per heavy atom. The van der Waals surface area contributed by atoms with Gasteiger partial charge in [0.1, 0.15) is 16.7 Å². The third kappa shape index (κ3) is 2.42. The van der Waals surface area contributed by atoms with Crippen LogP contribution in [0.25, 0.3) is 55.6 Å². The van der Waals surface area contributed by atoms with Crippen LogP contribution in [0, 0.1) is 5.82 Å². The van der Waals surface area contributed by atoms with Gasteiger partial charge in [0.05, 0.1) is 10.9 Å². The molecule has 0 radical (unpaired) electrons. The van der Waals surface area contributed by atoms with Crippen molar-refractivity contribution in [2.45, 2.75) is 0 Å². The van der Waals surface area contributed by atoms with Gasteiger partial charge in [-0.2, -0.15) is 0 Å². The van der Waals surface area contributed by atoms with E-state index in [0.29, 0.717) is 27.7 Å². The van der Waals surface area contributed by atoms with Gasteiger partial charge in [-0.25, -0.2) is 9.37 Å². The highest BCUT2D eigenvalue weighted by atomic mass is 19.1. The van der Waals surface area contributed by atoms with E-state index in [9.17, 15) is 5.11 Å². The number of para-hydroxylation sites is 1. The molecular formula is C25H14FNO3. The number of nitrogens with zero attached hydrogens (tertiary/aromatic N) is 1. The van der Waals surface area contributed by atoms with Crippen molar-refractivity contribution in [2.75, 3.05) is 0 Å². The molecular weight excluding hydrogens is 381 g/mol. The van der Waals surface area contributed by atoms with Crippen LogP contribution in [0.2, 0.25) is 0 Å². The maximum atomic E-state index is 15.1. The lowest BCUT2D eigenvalue weighted by Crippen LogP contribution is -1.85. The molecule has 0 atom stereocenters. The van der Waals surface area contributed by atoms with Crippen LogP contribution in [0.5, 0.6) is 5.75 Å². The Labute approximate surface area is 169 Å². The van der Waals surface area contributed by atoms with E-state index in [1.165, 1.54) is 0 Å². The van der Waals surface area contributed by atoms with Gasteiger partial charge < -0.3 is 13.9 Å². The average molecular weight is 395 g/mol. The molecule has 0 saturated carbocycles. The Morgan fingerprint density at radius 2 is 1.53 bits per heavy atom. The molecule has 6 rings (SSSR count). The zero-order valence-electron chi connectivity index (χ0n) is 15.6. The Morgan fingerprint density at radius 3 is 2.40 bits per heavy atom. The lowest BCUT2D eigenvalue weighted by Gasteiger charge is -2.02. The van der Waals surface area contributed by atoms with Gasteiger partial charge >= 0.3 is 0 Å². The summed E-state index contributed by atoms with van der Waals surface area (Å²) in [7, 11) is 0. The minimum Gasteiger partial charge on any atom is -0.504 e. The molecule has 0 aliphatic heterocycles. The van der Waals surface area contributed by atoms with E-state index in [0.717, 1.165) is 11.1 Å². The number of oxazole rings is 1. The SMILES string of the molecule is Oc1c(-c2nc3cc(-c4ccccc4)ccc3o2)cc2oc3ccccc3c2c1F. The number of halogens is 1. The summed E-state index contributed by atoms with van der Waals surface area (Å²) < 4.78 is 26.7. The second kappa shape index (κ2) is 6.19. The molecule has 0 unspecified atom stereocenters. The number of furan rings is 1. The number of phenols is 1. The van der Waals surface area contributed by atoms with Gasteiger partial charge in [-0.3, -0.25) is 0 Å². The van der Waals surface area contributed by atoms with Crippen LogP contribution in [-0.4, -0.2) is 10.1 Å². The lowest BCUT2D eigenvalue weighted by atomic mass is 10.1. The Kier molecular flexibility index (Phi) is 3.47. The number of aromatic nitrogens is 1. The monoisotopic (exact) mass is 395 g/mol. The van der Waals surface area contributed by atoms with Crippen molar-refractivity contribution in [3.8, 4) is 28.3 Å². The predicted octanol–water partition coefficient (Wildman–Crippen LogP) is 6.91. The molecule has 144 valence electrons. The van der Waals surface area contributed by atoms with Crippen LogP contribution in [0.4, 0.5) is 4.39 Å². The number of phenolic OH excluding ortho intramolecular Hbond substituents is 1. The van der Waals surface area contributed by atoms with Gasteiger partial charge in [-0.05, 0) is 35.4 Å². The standard InChI is InChI=1S/C25H14FNO3/c26-23-22-16-8-4-5-9-19(16)29-21(22)13-17(24(23)28)25-27-18-12-15(10-11-20(18)30-25)14-6-2-1-3-7-14/h1-13,28H. The van der Waals surface area contributed by atoms with E-state index in [2.05, 4.69) is 4.98 Å². The summed E-state index contributed by atoms with van der Waals surface area (Å²) in [4.78, 5) is 4.50. The van der Waals surface area contributed by atoms with Crippen molar-refractivity contribution in [3.63, 3.8) is 0 Å². The fourth-order valence-corrected chi connectivity index (χ4v) is 3.84. The zero-order valence-corrected chi connectivity index (χ0v) is 15.6. The third-order valence-corrected chi connectivity index (χ3v) is 5.31. The molecule has 30 heavy (non-hydrogen) atoms. The van der Waals surface area contributed by atoms with Gasteiger partial charge in [-0.15, -0.1) is 0 Å². The van der Waals surface area contributed by atoms with Crippen molar-refractivity contribution >= 4 is 33.0 Å². The highest BCUT2D eigenvalue weighted by molar-refractivity contribution is 6.07. The Balaban J connectivity index is 1.54. The summed E-state index contributed by atoms with van der Waals surface area (Å²) in [6.07, 6.45) is 0. The van der Waals surface area contributed by atoms with E-state index in [-0.39, 0.29) is 16.8 Å². The van der Waals surface area contributed by atoms with Gasteiger partial charge in [0.25, 0.3) is 0 Å². The summed E-state index contributed by atoms with van der Waals surface area (Å²) in [6.45, 7) is 0. The molecule has 0 amide bonds.